The highest BCUT2D eigenvalue weighted by Gasteiger charge is 2.49. The predicted molar refractivity (Wildman–Crippen MR) is 56.8 cm³/mol. The van der Waals surface area contributed by atoms with E-state index in [2.05, 4.69) is 0 Å². The summed E-state index contributed by atoms with van der Waals surface area (Å²) in [5.74, 6) is 1.26. The topological polar surface area (TPSA) is 74.6 Å². The first-order valence-corrected chi connectivity index (χ1v) is 5.91. The van der Waals surface area contributed by atoms with E-state index in [1.807, 2.05) is 0 Å². The molecule has 0 heterocycles. The lowest BCUT2D eigenvalue weighted by Gasteiger charge is -2.54. The van der Waals surface area contributed by atoms with Crippen LogP contribution in [0.5, 0.6) is 0 Å². The number of carboxylic acid groups (broad SMARTS) is 1. The first kappa shape index (κ1) is 11.6. The molecular formula is C12H18O4. The van der Waals surface area contributed by atoms with Gasteiger partial charge in [0, 0.05) is 0 Å². The summed E-state index contributed by atoms with van der Waals surface area (Å²) in [5.41, 5.74) is -0.200. The molecule has 0 aromatic rings. The second kappa shape index (κ2) is 4.17. The van der Waals surface area contributed by atoms with E-state index in [-0.39, 0.29) is 11.9 Å². The average Bonchev–Trinajstić information content (AvgIpc) is 2.14. The van der Waals surface area contributed by atoms with Crippen molar-refractivity contribution < 1.29 is 19.8 Å². The van der Waals surface area contributed by atoms with Crippen LogP contribution in [0.3, 0.4) is 0 Å². The Morgan fingerprint density at radius 1 is 1.06 bits per heavy atom. The second-order valence-electron chi connectivity index (χ2n) is 5.60. The Labute approximate surface area is 94.7 Å². The summed E-state index contributed by atoms with van der Waals surface area (Å²) in [4.78, 5) is 17.9. The van der Waals surface area contributed by atoms with Gasteiger partial charge in [0.25, 0.3) is 0 Å². The van der Waals surface area contributed by atoms with Gasteiger partial charge in [-0.1, -0.05) is 0 Å². The van der Waals surface area contributed by atoms with Gasteiger partial charge < -0.3 is 10.2 Å². The van der Waals surface area contributed by atoms with Crippen LogP contribution in [-0.2, 0) is 9.59 Å². The summed E-state index contributed by atoms with van der Waals surface area (Å²) in [6, 6.07) is 0. The first-order chi connectivity index (χ1) is 7.50. The molecule has 0 aliphatic heterocycles. The van der Waals surface area contributed by atoms with E-state index in [1.54, 1.807) is 0 Å². The van der Waals surface area contributed by atoms with Crippen LogP contribution >= 0.6 is 0 Å². The zero-order valence-corrected chi connectivity index (χ0v) is 9.26. The van der Waals surface area contributed by atoms with E-state index in [1.165, 1.54) is 19.3 Å². The molecule has 0 atom stereocenters. The zero-order chi connectivity index (χ0) is 11.8. The van der Waals surface area contributed by atoms with Gasteiger partial charge in [-0.3, -0.25) is 4.79 Å². The second-order valence-corrected chi connectivity index (χ2v) is 5.60. The fourth-order valence-corrected chi connectivity index (χ4v) is 4.06. The molecule has 4 bridgehead atoms. The highest BCUT2D eigenvalue weighted by Crippen LogP contribution is 2.55. The molecule has 16 heavy (non-hydrogen) atoms. The van der Waals surface area contributed by atoms with Crippen LogP contribution in [0, 0.1) is 17.8 Å². The molecular weight excluding hydrogens is 208 g/mol. The van der Waals surface area contributed by atoms with Crippen molar-refractivity contribution >= 4 is 12.3 Å². The van der Waals surface area contributed by atoms with Crippen LogP contribution in [0.1, 0.15) is 38.5 Å². The summed E-state index contributed by atoms with van der Waals surface area (Å²) in [6.07, 6.45) is 7.50. The number of carboxylic acids is 1. The molecule has 0 unspecified atom stereocenters. The van der Waals surface area contributed by atoms with Gasteiger partial charge in [0.2, 0.25) is 6.29 Å². The highest BCUT2D eigenvalue weighted by atomic mass is 16.4. The van der Waals surface area contributed by atoms with Crippen molar-refractivity contribution in [1.82, 2.24) is 0 Å². The number of carbonyl (C=O) groups excluding carboxylic acids is 1. The molecule has 0 amide bonds. The summed E-state index contributed by atoms with van der Waals surface area (Å²) in [5, 5.41) is 17.5. The molecule has 4 nitrogen and oxygen atoms in total. The van der Waals surface area contributed by atoms with Crippen LogP contribution in [0.15, 0.2) is 0 Å². The molecule has 4 saturated carbocycles. The summed E-state index contributed by atoms with van der Waals surface area (Å²) < 4.78 is 0. The summed E-state index contributed by atoms with van der Waals surface area (Å²) in [6.45, 7) is 0. The van der Waals surface area contributed by atoms with Gasteiger partial charge in [-0.15, -0.1) is 0 Å². The van der Waals surface area contributed by atoms with Gasteiger partial charge >= 0.3 is 5.97 Å². The molecule has 0 aromatic carbocycles. The van der Waals surface area contributed by atoms with Crippen molar-refractivity contribution in [2.24, 2.45) is 17.8 Å². The molecule has 0 aromatic heterocycles. The maximum atomic E-state index is 10.1. The van der Waals surface area contributed by atoms with Crippen molar-refractivity contribution in [1.29, 1.82) is 0 Å². The molecule has 4 rings (SSSR count). The lowest BCUT2D eigenvalue weighted by Crippen LogP contribution is -2.50. The molecule has 4 fully saturated rings. The zero-order valence-electron chi connectivity index (χ0n) is 9.26. The Morgan fingerprint density at radius 3 is 1.56 bits per heavy atom. The smallest absolute Gasteiger partial charge is 0.368 e. The third kappa shape index (κ3) is 2.43. The van der Waals surface area contributed by atoms with Crippen LogP contribution in [-0.4, -0.2) is 28.1 Å². The minimum absolute atomic E-state index is 0.167. The van der Waals surface area contributed by atoms with Crippen molar-refractivity contribution in [3.8, 4) is 0 Å². The normalized spacial score (nSPS) is 43.4. The van der Waals surface area contributed by atoms with Crippen LogP contribution in [0.25, 0.3) is 0 Å². The van der Waals surface area contributed by atoms with Crippen LogP contribution < -0.4 is 0 Å². The van der Waals surface area contributed by atoms with Crippen LogP contribution in [0.2, 0.25) is 0 Å². The average molecular weight is 226 g/mol. The van der Waals surface area contributed by atoms with Crippen LogP contribution in [0.4, 0.5) is 0 Å². The van der Waals surface area contributed by atoms with Crippen molar-refractivity contribution in [2.75, 3.05) is 0 Å². The lowest BCUT2D eigenvalue weighted by molar-refractivity contribution is -0.143. The van der Waals surface area contributed by atoms with Crippen molar-refractivity contribution in [3.63, 3.8) is 0 Å². The van der Waals surface area contributed by atoms with Crippen molar-refractivity contribution in [3.05, 3.63) is 0 Å². The van der Waals surface area contributed by atoms with E-state index >= 15 is 0 Å². The summed E-state index contributed by atoms with van der Waals surface area (Å²) in [7, 11) is 0. The number of hydrogen-bond acceptors (Lipinski definition) is 3. The van der Waals surface area contributed by atoms with Crippen molar-refractivity contribution in [2.45, 2.75) is 44.1 Å². The highest BCUT2D eigenvalue weighted by molar-refractivity contribution is 6.19. The molecule has 2 N–H and O–H groups in total. The largest absolute Gasteiger partial charge is 0.476 e. The Balaban J connectivity index is 0.000000168. The van der Waals surface area contributed by atoms with E-state index in [4.69, 9.17) is 14.7 Å². The van der Waals surface area contributed by atoms with Gasteiger partial charge in [-0.2, -0.15) is 0 Å². The standard InChI is InChI=1S/C10H16O.C2H2O3/c11-10-4-7-1-8(5-10)3-9(2-7)6-10;3-1-2(4)5/h7-9,11H,1-6H2;1H,(H,4,5). The molecule has 90 valence electrons. The number of carbonyl (C=O) groups is 2. The maximum absolute atomic E-state index is 10.1. The van der Waals surface area contributed by atoms with E-state index in [0.717, 1.165) is 37.0 Å². The van der Waals surface area contributed by atoms with Gasteiger partial charge in [0.1, 0.15) is 0 Å². The monoisotopic (exact) mass is 226 g/mol. The molecule has 4 aliphatic rings. The predicted octanol–water partition coefficient (Wildman–Crippen LogP) is 1.22. The van der Waals surface area contributed by atoms with E-state index < -0.39 is 5.97 Å². The Kier molecular flexibility index (Phi) is 3.02. The molecule has 4 heteroatoms. The van der Waals surface area contributed by atoms with E-state index in [0.29, 0.717) is 0 Å². The third-order valence-electron chi connectivity index (χ3n) is 4.11. The minimum atomic E-state index is -1.43. The first-order valence-electron chi connectivity index (χ1n) is 5.91. The Hall–Kier alpha value is -0.900. The van der Waals surface area contributed by atoms with Gasteiger partial charge in [-0.05, 0) is 56.3 Å². The maximum Gasteiger partial charge on any atom is 0.368 e. The Morgan fingerprint density at radius 2 is 1.38 bits per heavy atom. The molecule has 4 aliphatic carbocycles. The minimum Gasteiger partial charge on any atom is -0.476 e. The fourth-order valence-electron chi connectivity index (χ4n) is 4.06. The Bertz CT molecular complexity index is 262. The van der Waals surface area contributed by atoms with Gasteiger partial charge in [-0.25, -0.2) is 4.79 Å². The SMILES string of the molecule is O=CC(=O)O.OC12CC3CC(CC(C3)C1)C2. The van der Waals surface area contributed by atoms with Gasteiger partial charge in [0.05, 0.1) is 5.60 Å². The number of rotatable bonds is 1. The number of aliphatic hydroxyl groups is 1. The fraction of sp³-hybridized carbons (Fsp3) is 0.833. The molecule has 0 radical (unpaired) electrons. The quantitative estimate of drug-likeness (QED) is 0.520. The third-order valence-corrected chi connectivity index (χ3v) is 4.11. The van der Waals surface area contributed by atoms with E-state index in [9.17, 15) is 5.11 Å². The number of aldehydes is 1. The molecule has 0 saturated heterocycles. The summed E-state index contributed by atoms with van der Waals surface area (Å²) >= 11 is 0. The molecule has 0 spiro atoms. The lowest BCUT2D eigenvalue weighted by atomic mass is 9.54. The van der Waals surface area contributed by atoms with Gasteiger partial charge in [0.15, 0.2) is 0 Å². The number of hydrogen-bond donors (Lipinski definition) is 2. The number of aliphatic carboxylic acids is 1.